The second-order valence-electron chi connectivity index (χ2n) is 5.05. The minimum Gasteiger partial charge on any atom is -0.380 e. The number of nitrogens with one attached hydrogen (secondary N) is 1. The molecule has 0 aromatic carbocycles. The van der Waals surface area contributed by atoms with Crippen LogP contribution >= 0.6 is 0 Å². The van der Waals surface area contributed by atoms with Crippen molar-refractivity contribution in [3.8, 4) is 0 Å². The lowest BCUT2D eigenvalue weighted by molar-refractivity contribution is 0.137. The zero-order valence-electron chi connectivity index (χ0n) is 9.87. The first-order valence-electron chi connectivity index (χ1n) is 6.38. The Labute approximate surface area is 93.2 Å². The maximum absolute atomic E-state index is 5.47. The van der Waals surface area contributed by atoms with Crippen molar-refractivity contribution in [2.24, 2.45) is 5.92 Å². The second kappa shape index (κ2) is 5.83. The second-order valence-corrected chi connectivity index (χ2v) is 5.05. The highest BCUT2D eigenvalue weighted by Crippen LogP contribution is 2.16. The van der Waals surface area contributed by atoms with Gasteiger partial charge in [0.1, 0.15) is 0 Å². The van der Waals surface area contributed by atoms with E-state index in [1.165, 1.54) is 38.9 Å². The smallest absolute Gasteiger partial charge is 0.0593 e. The van der Waals surface area contributed by atoms with E-state index >= 15 is 0 Å². The molecule has 0 saturated carbocycles. The molecule has 2 aliphatic heterocycles. The summed E-state index contributed by atoms with van der Waals surface area (Å²) in [6.45, 7) is 9.00. The van der Waals surface area contributed by atoms with Gasteiger partial charge in [-0.3, -0.25) is 4.90 Å². The normalized spacial score (nSPS) is 35.0. The summed E-state index contributed by atoms with van der Waals surface area (Å²) < 4.78 is 5.47. The van der Waals surface area contributed by atoms with Crippen LogP contribution in [0.25, 0.3) is 0 Å². The van der Waals surface area contributed by atoms with E-state index in [4.69, 9.17) is 4.74 Å². The van der Waals surface area contributed by atoms with Gasteiger partial charge in [-0.15, -0.1) is 0 Å². The molecule has 2 saturated heterocycles. The first-order valence-corrected chi connectivity index (χ1v) is 6.38. The van der Waals surface area contributed by atoms with Gasteiger partial charge >= 0.3 is 0 Å². The Balaban J connectivity index is 1.74. The molecule has 88 valence electrons. The minimum absolute atomic E-state index is 0.715. The molecule has 0 aliphatic carbocycles. The molecule has 3 heteroatoms. The van der Waals surface area contributed by atoms with Gasteiger partial charge in [0.15, 0.2) is 0 Å². The number of hydrogen-bond donors (Lipinski definition) is 1. The topological polar surface area (TPSA) is 24.5 Å². The van der Waals surface area contributed by atoms with Crippen molar-refractivity contribution in [3.05, 3.63) is 0 Å². The van der Waals surface area contributed by atoms with Gasteiger partial charge in [0.2, 0.25) is 0 Å². The number of nitrogens with zero attached hydrogens (tertiary/aromatic N) is 1. The zero-order chi connectivity index (χ0) is 10.5. The molecule has 2 rings (SSSR count). The quantitative estimate of drug-likeness (QED) is 0.742. The number of piperidine rings is 1. The first-order chi connectivity index (χ1) is 7.34. The van der Waals surface area contributed by atoms with E-state index in [1.54, 1.807) is 0 Å². The van der Waals surface area contributed by atoms with Crippen LogP contribution < -0.4 is 5.32 Å². The molecule has 0 radical (unpaired) electrons. The third kappa shape index (κ3) is 3.74. The van der Waals surface area contributed by atoms with Crippen LogP contribution in [0.4, 0.5) is 0 Å². The van der Waals surface area contributed by atoms with E-state index in [1.807, 2.05) is 0 Å². The number of hydrogen-bond acceptors (Lipinski definition) is 3. The Morgan fingerprint density at radius 1 is 1.33 bits per heavy atom. The van der Waals surface area contributed by atoms with Gasteiger partial charge in [-0.05, 0) is 31.7 Å². The average molecular weight is 212 g/mol. The Bertz CT molecular complexity index is 178. The molecular weight excluding hydrogens is 188 g/mol. The summed E-state index contributed by atoms with van der Waals surface area (Å²) in [4.78, 5) is 2.56. The van der Waals surface area contributed by atoms with Crippen LogP contribution in [0.2, 0.25) is 0 Å². The van der Waals surface area contributed by atoms with Gasteiger partial charge in [0.25, 0.3) is 0 Å². The summed E-state index contributed by atoms with van der Waals surface area (Å²) in [7, 11) is 0. The van der Waals surface area contributed by atoms with Crippen molar-refractivity contribution >= 4 is 0 Å². The van der Waals surface area contributed by atoms with Crippen molar-refractivity contribution in [1.29, 1.82) is 0 Å². The molecule has 2 fully saturated rings. The third-order valence-corrected chi connectivity index (χ3v) is 3.55. The lowest BCUT2D eigenvalue weighted by Crippen LogP contribution is -2.46. The molecule has 2 heterocycles. The Hall–Kier alpha value is -0.120. The van der Waals surface area contributed by atoms with E-state index < -0.39 is 0 Å². The lowest BCUT2D eigenvalue weighted by atomic mass is 9.94. The maximum atomic E-state index is 5.47. The van der Waals surface area contributed by atoms with Crippen LogP contribution in [-0.4, -0.2) is 50.3 Å². The summed E-state index contributed by atoms with van der Waals surface area (Å²) in [6, 6.07) is 0.715. The molecule has 0 aromatic heterocycles. The van der Waals surface area contributed by atoms with E-state index in [9.17, 15) is 0 Å². The first kappa shape index (κ1) is 11.4. The highest BCUT2D eigenvalue weighted by Gasteiger charge is 2.21. The molecule has 0 amide bonds. The molecule has 2 unspecified atom stereocenters. The molecule has 0 spiro atoms. The van der Waals surface area contributed by atoms with Crippen molar-refractivity contribution in [2.75, 3.05) is 39.4 Å². The van der Waals surface area contributed by atoms with Crippen molar-refractivity contribution < 1.29 is 4.74 Å². The Morgan fingerprint density at radius 3 is 3.13 bits per heavy atom. The molecular formula is C12H24N2O. The molecule has 0 aromatic rings. The maximum Gasteiger partial charge on any atom is 0.0593 e. The van der Waals surface area contributed by atoms with E-state index in [0.717, 1.165) is 25.7 Å². The minimum atomic E-state index is 0.715. The summed E-state index contributed by atoms with van der Waals surface area (Å²) in [5.41, 5.74) is 0. The van der Waals surface area contributed by atoms with Crippen LogP contribution in [0.3, 0.4) is 0 Å². The molecule has 0 bridgehead atoms. The molecule has 2 aliphatic rings. The molecule has 2 atom stereocenters. The fourth-order valence-corrected chi connectivity index (χ4v) is 2.65. The van der Waals surface area contributed by atoms with Crippen LogP contribution in [-0.2, 0) is 4.74 Å². The van der Waals surface area contributed by atoms with Crippen molar-refractivity contribution in [1.82, 2.24) is 10.2 Å². The van der Waals surface area contributed by atoms with Gasteiger partial charge in [-0.2, -0.15) is 0 Å². The van der Waals surface area contributed by atoms with Gasteiger partial charge in [0.05, 0.1) is 6.61 Å². The molecule has 15 heavy (non-hydrogen) atoms. The molecule has 3 nitrogen and oxygen atoms in total. The van der Waals surface area contributed by atoms with Crippen LogP contribution in [0.5, 0.6) is 0 Å². The van der Waals surface area contributed by atoms with Gasteiger partial charge in [0, 0.05) is 32.3 Å². The third-order valence-electron chi connectivity index (χ3n) is 3.55. The highest BCUT2D eigenvalue weighted by atomic mass is 16.5. The summed E-state index contributed by atoms with van der Waals surface area (Å²) in [5, 5.41) is 3.63. The SMILES string of the molecule is CC1CCNC(CN2CCCOCC2)C1. The summed E-state index contributed by atoms with van der Waals surface area (Å²) >= 11 is 0. The summed E-state index contributed by atoms with van der Waals surface area (Å²) in [5.74, 6) is 0.902. The fraction of sp³-hybridized carbons (Fsp3) is 1.00. The lowest BCUT2D eigenvalue weighted by Gasteiger charge is -2.32. The highest BCUT2D eigenvalue weighted by molar-refractivity contribution is 4.79. The molecule has 1 N–H and O–H groups in total. The van der Waals surface area contributed by atoms with Crippen molar-refractivity contribution in [3.63, 3.8) is 0 Å². The van der Waals surface area contributed by atoms with Crippen LogP contribution in [0.15, 0.2) is 0 Å². The van der Waals surface area contributed by atoms with Gasteiger partial charge in [-0.25, -0.2) is 0 Å². The van der Waals surface area contributed by atoms with Crippen LogP contribution in [0.1, 0.15) is 26.2 Å². The van der Waals surface area contributed by atoms with E-state index in [-0.39, 0.29) is 0 Å². The van der Waals surface area contributed by atoms with E-state index in [0.29, 0.717) is 6.04 Å². The summed E-state index contributed by atoms with van der Waals surface area (Å²) in [6.07, 6.45) is 3.89. The van der Waals surface area contributed by atoms with E-state index in [2.05, 4.69) is 17.1 Å². The zero-order valence-corrected chi connectivity index (χ0v) is 9.87. The van der Waals surface area contributed by atoms with Crippen LogP contribution in [0, 0.1) is 5.92 Å². The predicted molar refractivity (Wildman–Crippen MR) is 62.1 cm³/mol. The Kier molecular flexibility index (Phi) is 4.42. The monoisotopic (exact) mass is 212 g/mol. The number of ether oxygens (including phenoxy) is 1. The largest absolute Gasteiger partial charge is 0.380 e. The average Bonchev–Trinajstić information content (AvgIpc) is 2.46. The van der Waals surface area contributed by atoms with Gasteiger partial charge < -0.3 is 10.1 Å². The Morgan fingerprint density at radius 2 is 2.27 bits per heavy atom. The predicted octanol–water partition coefficient (Wildman–Crippen LogP) is 1.10. The fourth-order valence-electron chi connectivity index (χ4n) is 2.65. The van der Waals surface area contributed by atoms with Gasteiger partial charge in [-0.1, -0.05) is 6.92 Å². The number of rotatable bonds is 2. The van der Waals surface area contributed by atoms with Crippen molar-refractivity contribution in [2.45, 2.75) is 32.2 Å². The standard InChI is InChI=1S/C12H24N2O/c1-11-3-4-13-12(9-11)10-14-5-2-7-15-8-6-14/h11-13H,2-10H2,1H3.